The van der Waals surface area contributed by atoms with Crippen LogP contribution in [0.4, 0.5) is 0 Å². The number of nitrogens with one attached hydrogen (secondary N) is 1. The highest BCUT2D eigenvalue weighted by Gasteiger charge is 2.25. The highest BCUT2D eigenvalue weighted by Crippen LogP contribution is 2.29. The van der Waals surface area contributed by atoms with Gasteiger partial charge in [-0.2, -0.15) is 0 Å². The van der Waals surface area contributed by atoms with Crippen molar-refractivity contribution in [1.29, 1.82) is 0 Å². The number of furan rings is 1. The van der Waals surface area contributed by atoms with Crippen LogP contribution in [-0.2, 0) is 7.05 Å². The lowest BCUT2D eigenvalue weighted by molar-refractivity contribution is 0.0915. The number of fused-ring (bicyclic) bond motifs is 1. The van der Waals surface area contributed by atoms with Crippen LogP contribution in [0.15, 0.2) is 71.4 Å². The van der Waals surface area contributed by atoms with E-state index in [0.29, 0.717) is 17.2 Å². The van der Waals surface area contributed by atoms with E-state index < -0.39 is 6.04 Å². The Kier molecular flexibility index (Phi) is 4.38. The van der Waals surface area contributed by atoms with Crippen LogP contribution in [-0.4, -0.2) is 22.6 Å². The number of hydrogen-bond donors (Lipinski definition) is 1. The van der Waals surface area contributed by atoms with Crippen LogP contribution in [0, 0.1) is 0 Å². The number of amides is 1. The zero-order valence-corrected chi connectivity index (χ0v) is 15.0. The number of carbonyl (C=O) groups excluding carboxylic acids is 1. The molecule has 1 N–H and O–H groups in total. The van der Waals surface area contributed by atoms with Crippen molar-refractivity contribution in [1.82, 2.24) is 14.9 Å². The predicted molar refractivity (Wildman–Crippen MR) is 102 cm³/mol. The smallest absolute Gasteiger partial charge is 0.287 e. The van der Waals surface area contributed by atoms with Crippen molar-refractivity contribution >= 4 is 16.9 Å². The Labute approximate surface area is 156 Å². The van der Waals surface area contributed by atoms with Crippen molar-refractivity contribution in [3.8, 4) is 5.75 Å². The maximum Gasteiger partial charge on any atom is 0.287 e. The monoisotopic (exact) mass is 361 g/mol. The van der Waals surface area contributed by atoms with Crippen molar-refractivity contribution in [2.24, 2.45) is 7.05 Å². The number of aryl methyl sites for hydroxylation is 1. The minimum atomic E-state index is -0.484. The largest absolute Gasteiger partial charge is 0.496 e. The molecule has 4 rings (SSSR count). The van der Waals surface area contributed by atoms with Crippen LogP contribution >= 0.6 is 0 Å². The van der Waals surface area contributed by atoms with Gasteiger partial charge in [-0.15, -0.1) is 0 Å². The summed E-state index contributed by atoms with van der Waals surface area (Å²) < 4.78 is 13.1. The SMILES string of the molecule is COc1ccccc1C(NC(=O)c1cc2ccccc2o1)c1nccn1C. The highest BCUT2D eigenvalue weighted by atomic mass is 16.5. The fourth-order valence-corrected chi connectivity index (χ4v) is 3.14. The van der Waals surface area contributed by atoms with Crippen molar-refractivity contribution in [2.75, 3.05) is 7.11 Å². The van der Waals surface area contributed by atoms with Crippen LogP contribution in [0.3, 0.4) is 0 Å². The molecule has 2 heterocycles. The molecule has 0 bridgehead atoms. The quantitative estimate of drug-likeness (QED) is 0.588. The summed E-state index contributed by atoms with van der Waals surface area (Å²) in [7, 11) is 3.49. The van der Waals surface area contributed by atoms with Crippen LogP contribution in [0.1, 0.15) is 28.0 Å². The van der Waals surface area contributed by atoms with Gasteiger partial charge < -0.3 is 19.0 Å². The topological polar surface area (TPSA) is 69.3 Å². The minimum absolute atomic E-state index is 0.255. The summed E-state index contributed by atoms with van der Waals surface area (Å²) in [4.78, 5) is 17.3. The van der Waals surface area contributed by atoms with Crippen molar-refractivity contribution in [3.63, 3.8) is 0 Å². The van der Waals surface area contributed by atoms with E-state index in [1.165, 1.54) is 0 Å². The van der Waals surface area contributed by atoms with Gasteiger partial charge in [0, 0.05) is 30.4 Å². The number of imidazole rings is 1. The van der Waals surface area contributed by atoms with E-state index in [9.17, 15) is 4.79 Å². The normalized spacial score (nSPS) is 12.1. The van der Waals surface area contributed by atoms with E-state index in [1.807, 2.05) is 66.3 Å². The average Bonchev–Trinajstić information content (AvgIpc) is 3.32. The Morgan fingerprint density at radius 3 is 2.70 bits per heavy atom. The van der Waals surface area contributed by atoms with Crippen LogP contribution in [0.2, 0.25) is 0 Å². The molecule has 136 valence electrons. The molecular formula is C21H19N3O3. The highest BCUT2D eigenvalue weighted by molar-refractivity contribution is 5.96. The summed E-state index contributed by atoms with van der Waals surface area (Å²) >= 11 is 0. The third-order valence-electron chi connectivity index (χ3n) is 4.49. The Balaban J connectivity index is 1.73. The zero-order chi connectivity index (χ0) is 18.8. The molecule has 0 radical (unpaired) electrons. The fraction of sp³-hybridized carbons (Fsp3) is 0.143. The first kappa shape index (κ1) is 16.9. The number of hydrogen-bond acceptors (Lipinski definition) is 4. The molecular weight excluding hydrogens is 342 g/mol. The van der Waals surface area contributed by atoms with Gasteiger partial charge >= 0.3 is 0 Å². The number of para-hydroxylation sites is 2. The van der Waals surface area contributed by atoms with Gasteiger partial charge in [0.1, 0.15) is 23.2 Å². The second kappa shape index (κ2) is 6.99. The predicted octanol–water partition coefficient (Wildman–Crippen LogP) is 3.69. The molecule has 1 amide bonds. The van der Waals surface area contributed by atoms with E-state index in [2.05, 4.69) is 10.3 Å². The molecule has 0 aliphatic carbocycles. The Morgan fingerprint density at radius 2 is 1.96 bits per heavy atom. The van der Waals surface area contributed by atoms with E-state index in [1.54, 1.807) is 19.4 Å². The lowest BCUT2D eigenvalue weighted by Gasteiger charge is -2.20. The summed E-state index contributed by atoms with van der Waals surface area (Å²) in [5.41, 5.74) is 1.49. The van der Waals surface area contributed by atoms with Crippen molar-refractivity contribution in [2.45, 2.75) is 6.04 Å². The van der Waals surface area contributed by atoms with E-state index >= 15 is 0 Å². The van der Waals surface area contributed by atoms with E-state index in [4.69, 9.17) is 9.15 Å². The summed E-state index contributed by atoms with van der Waals surface area (Å²) in [6, 6.07) is 16.3. The Morgan fingerprint density at radius 1 is 1.19 bits per heavy atom. The molecule has 0 aliphatic rings. The number of rotatable bonds is 5. The summed E-state index contributed by atoms with van der Waals surface area (Å²) in [5.74, 6) is 1.31. The Hall–Kier alpha value is -3.54. The maximum atomic E-state index is 12.9. The molecule has 6 nitrogen and oxygen atoms in total. The molecule has 0 fully saturated rings. The lowest BCUT2D eigenvalue weighted by atomic mass is 10.0. The van der Waals surface area contributed by atoms with Crippen molar-refractivity contribution in [3.05, 3.63) is 84.1 Å². The summed E-state index contributed by atoms with van der Waals surface area (Å²) in [6.07, 6.45) is 3.54. The first-order valence-corrected chi connectivity index (χ1v) is 8.57. The van der Waals surface area contributed by atoms with Crippen LogP contribution in [0.5, 0.6) is 5.75 Å². The van der Waals surface area contributed by atoms with Gasteiger partial charge in [0.15, 0.2) is 5.76 Å². The minimum Gasteiger partial charge on any atom is -0.496 e. The standard InChI is InChI=1S/C21H19N3O3/c1-24-12-11-22-20(24)19(15-8-4-6-10-17(15)26-2)23-21(25)18-13-14-7-3-5-9-16(14)27-18/h3-13,19H,1-2H3,(H,23,25). The number of benzene rings is 2. The molecule has 0 spiro atoms. The molecule has 0 aliphatic heterocycles. The van der Waals surface area contributed by atoms with Gasteiger partial charge in [0.2, 0.25) is 0 Å². The number of methoxy groups -OCH3 is 1. The number of nitrogens with zero attached hydrogens (tertiary/aromatic N) is 2. The van der Waals surface area contributed by atoms with E-state index in [-0.39, 0.29) is 11.7 Å². The van der Waals surface area contributed by atoms with Gasteiger partial charge in [-0.1, -0.05) is 36.4 Å². The third kappa shape index (κ3) is 3.17. The van der Waals surface area contributed by atoms with Gasteiger partial charge in [-0.25, -0.2) is 4.98 Å². The van der Waals surface area contributed by atoms with Gasteiger partial charge in [0.25, 0.3) is 5.91 Å². The summed E-state index contributed by atoms with van der Waals surface area (Å²) in [5, 5.41) is 3.92. The molecule has 27 heavy (non-hydrogen) atoms. The first-order chi connectivity index (χ1) is 13.2. The molecule has 0 saturated carbocycles. The van der Waals surface area contributed by atoms with E-state index in [0.717, 1.165) is 10.9 Å². The molecule has 2 aromatic carbocycles. The molecule has 2 aromatic heterocycles. The van der Waals surface area contributed by atoms with Gasteiger partial charge in [-0.3, -0.25) is 4.79 Å². The van der Waals surface area contributed by atoms with Crippen molar-refractivity contribution < 1.29 is 13.9 Å². The first-order valence-electron chi connectivity index (χ1n) is 8.57. The number of aromatic nitrogens is 2. The third-order valence-corrected chi connectivity index (χ3v) is 4.49. The van der Waals surface area contributed by atoms with Crippen LogP contribution < -0.4 is 10.1 Å². The van der Waals surface area contributed by atoms with Gasteiger partial charge in [-0.05, 0) is 18.2 Å². The fourth-order valence-electron chi connectivity index (χ4n) is 3.14. The summed E-state index contributed by atoms with van der Waals surface area (Å²) in [6.45, 7) is 0. The number of carbonyl (C=O) groups is 1. The second-order valence-corrected chi connectivity index (χ2v) is 6.19. The second-order valence-electron chi connectivity index (χ2n) is 6.19. The van der Waals surface area contributed by atoms with Gasteiger partial charge in [0.05, 0.1) is 7.11 Å². The molecule has 6 heteroatoms. The lowest BCUT2D eigenvalue weighted by Crippen LogP contribution is -2.31. The molecule has 4 aromatic rings. The number of ether oxygens (including phenoxy) is 1. The van der Waals surface area contributed by atoms with Crippen LogP contribution in [0.25, 0.3) is 11.0 Å². The maximum absolute atomic E-state index is 12.9. The zero-order valence-electron chi connectivity index (χ0n) is 15.0. The molecule has 1 atom stereocenters. The molecule has 0 saturated heterocycles. The molecule has 1 unspecified atom stereocenters. The average molecular weight is 361 g/mol. The Bertz CT molecular complexity index is 1060.